The molecule has 0 aliphatic heterocycles. The number of amides is 1. The van der Waals surface area contributed by atoms with Crippen LogP contribution >= 0.6 is 0 Å². The molecule has 4 rings (SSSR count). The van der Waals surface area contributed by atoms with E-state index in [0.29, 0.717) is 18.1 Å². The zero-order valence-electron chi connectivity index (χ0n) is 16.5. The molecule has 6 heteroatoms. The van der Waals surface area contributed by atoms with Gasteiger partial charge in [-0.25, -0.2) is 9.97 Å². The molecule has 6 nitrogen and oxygen atoms in total. The molecular weight excluding hydrogens is 362 g/mol. The Bertz CT molecular complexity index is 1160. The van der Waals surface area contributed by atoms with Crippen molar-refractivity contribution in [1.82, 2.24) is 20.3 Å². The monoisotopic (exact) mass is 385 g/mol. The number of carbonyl (C=O) groups is 1. The van der Waals surface area contributed by atoms with Crippen LogP contribution in [0, 0.1) is 13.8 Å². The molecule has 29 heavy (non-hydrogen) atoms. The van der Waals surface area contributed by atoms with Crippen molar-refractivity contribution in [1.29, 1.82) is 0 Å². The van der Waals surface area contributed by atoms with Gasteiger partial charge in [-0.2, -0.15) is 0 Å². The van der Waals surface area contributed by atoms with E-state index in [9.17, 15) is 4.79 Å². The number of H-pyrrole nitrogens is 1. The first-order valence-corrected chi connectivity index (χ1v) is 9.59. The lowest BCUT2D eigenvalue weighted by atomic mass is 10.1. The fourth-order valence-electron chi connectivity index (χ4n) is 3.26. The van der Waals surface area contributed by atoms with Crippen LogP contribution in [0.25, 0.3) is 10.9 Å². The Labute approximate surface area is 169 Å². The summed E-state index contributed by atoms with van der Waals surface area (Å²) in [4.78, 5) is 24.1. The Morgan fingerprint density at radius 1 is 1.03 bits per heavy atom. The topological polar surface area (TPSA) is 82.7 Å². The van der Waals surface area contributed by atoms with Crippen LogP contribution in [0.15, 0.2) is 61.1 Å². The van der Waals surface area contributed by atoms with E-state index in [2.05, 4.69) is 57.6 Å². The number of aryl methyl sites for hydroxylation is 2. The third-order valence-corrected chi connectivity index (χ3v) is 5.03. The fraction of sp³-hybridized carbons (Fsp3) is 0.174. The van der Waals surface area contributed by atoms with E-state index >= 15 is 0 Å². The molecule has 0 saturated heterocycles. The van der Waals surface area contributed by atoms with Crippen molar-refractivity contribution in [2.24, 2.45) is 0 Å². The molecule has 0 bridgehead atoms. The predicted molar refractivity (Wildman–Crippen MR) is 116 cm³/mol. The first-order valence-electron chi connectivity index (χ1n) is 9.59. The summed E-state index contributed by atoms with van der Waals surface area (Å²) in [5.74, 6) is 0.375. The molecule has 4 aromatic rings. The molecule has 0 atom stereocenters. The Hall–Kier alpha value is -3.67. The van der Waals surface area contributed by atoms with Gasteiger partial charge < -0.3 is 15.6 Å². The van der Waals surface area contributed by atoms with Gasteiger partial charge in [-0.05, 0) is 55.2 Å². The molecule has 146 valence electrons. The van der Waals surface area contributed by atoms with Gasteiger partial charge in [-0.1, -0.05) is 24.3 Å². The zero-order chi connectivity index (χ0) is 20.2. The predicted octanol–water partition coefficient (Wildman–Crippen LogP) is 4.29. The standard InChI is InChI=1S/C23H23N5O/c1-15-7-8-18(11-16(15)2)28-22-12-21(26-14-27-22)23(29)24-10-9-17-13-25-20-6-4-3-5-19(17)20/h3-8,11-14,25H,9-10H2,1-2H3,(H,24,29)(H,26,27,28). The van der Waals surface area contributed by atoms with Gasteiger partial charge in [0.05, 0.1) is 0 Å². The summed E-state index contributed by atoms with van der Waals surface area (Å²) in [7, 11) is 0. The molecule has 0 radical (unpaired) electrons. The number of aromatic amines is 1. The number of aromatic nitrogens is 3. The Kier molecular flexibility index (Phi) is 5.24. The summed E-state index contributed by atoms with van der Waals surface area (Å²) >= 11 is 0. The number of nitrogens with one attached hydrogen (secondary N) is 3. The summed E-state index contributed by atoms with van der Waals surface area (Å²) in [6, 6.07) is 15.9. The van der Waals surface area contributed by atoms with Crippen LogP contribution in [0.2, 0.25) is 0 Å². The molecular formula is C23H23N5O. The van der Waals surface area contributed by atoms with Gasteiger partial charge in [0, 0.05) is 35.4 Å². The molecule has 3 N–H and O–H groups in total. The van der Waals surface area contributed by atoms with Crippen molar-refractivity contribution in [2.75, 3.05) is 11.9 Å². The number of nitrogens with zero attached hydrogens (tertiary/aromatic N) is 2. The normalized spacial score (nSPS) is 10.8. The number of hydrogen-bond donors (Lipinski definition) is 3. The van der Waals surface area contributed by atoms with Crippen LogP contribution in [0.4, 0.5) is 11.5 Å². The van der Waals surface area contributed by atoms with Crippen molar-refractivity contribution in [2.45, 2.75) is 20.3 Å². The average molecular weight is 385 g/mol. The molecule has 0 aliphatic rings. The molecule has 0 fully saturated rings. The Balaban J connectivity index is 1.38. The maximum atomic E-state index is 12.5. The van der Waals surface area contributed by atoms with Gasteiger partial charge >= 0.3 is 0 Å². The number of fused-ring (bicyclic) bond motifs is 1. The molecule has 2 aromatic heterocycles. The van der Waals surface area contributed by atoms with Crippen LogP contribution in [0.3, 0.4) is 0 Å². The highest BCUT2D eigenvalue weighted by Gasteiger charge is 2.10. The number of benzene rings is 2. The first kappa shape index (κ1) is 18.7. The van der Waals surface area contributed by atoms with E-state index in [1.54, 1.807) is 6.07 Å². The minimum Gasteiger partial charge on any atom is -0.361 e. The molecule has 2 heterocycles. The van der Waals surface area contributed by atoms with Crippen molar-refractivity contribution in [3.63, 3.8) is 0 Å². The molecule has 1 amide bonds. The summed E-state index contributed by atoms with van der Waals surface area (Å²) in [6.45, 7) is 4.67. The van der Waals surface area contributed by atoms with Crippen molar-refractivity contribution in [3.05, 3.63) is 83.4 Å². The first-order chi connectivity index (χ1) is 14.1. The van der Waals surface area contributed by atoms with Gasteiger partial charge in [0.25, 0.3) is 5.91 Å². The van der Waals surface area contributed by atoms with E-state index in [1.807, 2.05) is 30.5 Å². The molecule has 0 saturated carbocycles. The lowest BCUT2D eigenvalue weighted by Crippen LogP contribution is -2.26. The molecule has 2 aromatic carbocycles. The molecule has 0 unspecified atom stereocenters. The van der Waals surface area contributed by atoms with Gasteiger partial charge in [-0.15, -0.1) is 0 Å². The van der Waals surface area contributed by atoms with Crippen molar-refractivity contribution < 1.29 is 4.79 Å². The van der Waals surface area contributed by atoms with E-state index in [1.165, 1.54) is 28.4 Å². The van der Waals surface area contributed by atoms with E-state index in [0.717, 1.165) is 17.6 Å². The van der Waals surface area contributed by atoms with E-state index in [-0.39, 0.29) is 5.91 Å². The second-order valence-electron chi connectivity index (χ2n) is 7.08. The highest BCUT2D eigenvalue weighted by molar-refractivity contribution is 5.93. The quantitative estimate of drug-likeness (QED) is 0.462. The second kappa shape index (κ2) is 8.14. The van der Waals surface area contributed by atoms with Gasteiger partial charge in [0.2, 0.25) is 0 Å². The number of rotatable bonds is 6. The SMILES string of the molecule is Cc1ccc(Nc2cc(C(=O)NCCc3c[nH]c4ccccc34)ncn2)cc1C. The second-order valence-corrected chi connectivity index (χ2v) is 7.08. The highest BCUT2D eigenvalue weighted by Crippen LogP contribution is 2.19. The third kappa shape index (κ3) is 4.27. The highest BCUT2D eigenvalue weighted by atomic mass is 16.1. The van der Waals surface area contributed by atoms with Crippen LogP contribution < -0.4 is 10.6 Å². The molecule has 0 spiro atoms. The van der Waals surface area contributed by atoms with Gasteiger partial charge in [0.1, 0.15) is 17.8 Å². The van der Waals surface area contributed by atoms with Gasteiger partial charge in [0.15, 0.2) is 0 Å². The minimum absolute atomic E-state index is 0.213. The third-order valence-electron chi connectivity index (χ3n) is 5.03. The van der Waals surface area contributed by atoms with Gasteiger partial charge in [-0.3, -0.25) is 4.79 Å². The number of anilines is 2. The summed E-state index contributed by atoms with van der Waals surface area (Å²) in [5.41, 5.74) is 5.97. The van der Waals surface area contributed by atoms with Crippen molar-refractivity contribution >= 4 is 28.3 Å². The maximum Gasteiger partial charge on any atom is 0.270 e. The largest absolute Gasteiger partial charge is 0.361 e. The van der Waals surface area contributed by atoms with E-state index in [4.69, 9.17) is 0 Å². The Morgan fingerprint density at radius 2 is 1.90 bits per heavy atom. The number of hydrogen-bond acceptors (Lipinski definition) is 4. The summed E-state index contributed by atoms with van der Waals surface area (Å²) in [5, 5.41) is 7.35. The van der Waals surface area contributed by atoms with Crippen LogP contribution in [-0.2, 0) is 6.42 Å². The number of para-hydroxylation sites is 1. The smallest absolute Gasteiger partial charge is 0.270 e. The summed E-state index contributed by atoms with van der Waals surface area (Å²) < 4.78 is 0. The number of carbonyl (C=O) groups excluding carboxylic acids is 1. The van der Waals surface area contributed by atoms with Crippen molar-refractivity contribution in [3.8, 4) is 0 Å². The van der Waals surface area contributed by atoms with Crippen LogP contribution in [0.1, 0.15) is 27.2 Å². The zero-order valence-corrected chi connectivity index (χ0v) is 16.5. The minimum atomic E-state index is -0.213. The maximum absolute atomic E-state index is 12.5. The summed E-state index contributed by atoms with van der Waals surface area (Å²) in [6.07, 6.45) is 4.14. The van der Waals surface area contributed by atoms with Crippen LogP contribution in [0.5, 0.6) is 0 Å². The van der Waals surface area contributed by atoms with Crippen LogP contribution in [-0.4, -0.2) is 27.4 Å². The lowest BCUT2D eigenvalue weighted by molar-refractivity contribution is 0.0949. The van der Waals surface area contributed by atoms with E-state index < -0.39 is 0 Å². The molecule has 0 aliphatic carbocycles. The average Bonchev–Trinajstić information content (AvgIpc) is 3.14. The fourth-order valence-corrected chi connectivity index (χ4v) is 3.26. The Morgan fingerprint density at radius 3 is 2.76 bits per heavy atom. The lowest BCUT2D eigenvalue weighted by Gasteiger charge is -2.09.